The summed E-state index contributed by atoms with van der Waals surface area (Å²) in [6.07, 6.45) is -7.04. The van der Waals surface area contributed by atoms with E-state index in [2.05, 4.69) is 0 Å². The van der Waals surface area contributed by atoms with Gasteiger partial charge in [-0.2, -0.15) is 30.7 Å². The van der Waals surface area contributed by atoms with Crippen LogP contribution in [0.3, 0.4) is 0 Å². The summed E-state index contributed by atoms with van der Waals surface area (Å²) in [4.78, 5) is 10.8. The van der Waals surface area contributed by atoms with Gasteiger partial charge in [-0.25, -0.2) is 0 Å². The first-order valence-electron chi connectivity index (χ1n) is 4.81. The van der Waals surface area contributed by atoms with Crippen molar-refractivity contribution in [3.05, 3.63) is 11.8 Å². The van der Waals surface area contributed by atoms with Gasteiger partial charge in [-0.15, -0.1) is 5.76 Å². The van der Waals surface area contributed by atoms with Crippen LogP contribution in [-0.2, 0) is 27.2 Å². The van der Waals surface area contributed by atoms with Crippen LogP contribution < -0.4 is 5.11 Å². The molecule has 20 heavy (non-hydrogen) atoms. The number of allylic oxidation sites excluding steroid dienone is 2. The number of rotatable bonds is 3. The van der Waals surface area contributed by atoms with Gasteiger partial charge in [0.15, 0.2) is 0 Å². The third-order valence-corrected chi connectivity index (χ3v) is 2.06. The first-order chi connectivity index (χ1) is 8.05. The fourth-order valence-corrected chi connectivity index (χ4v) is 0.759. The predicted octanol–water partition coefficient (Wildman–Crippen LogP) is 2.68. The molecule has 0 radical (unpaired) electrons. The maximum absolute atomic E-state index is 12.8. The van der Waals surface area contributed by atoms with Gasteiger partial charge in [0.2, 0.25) is 5.78 Å². The van der Waals surface area contributed by atoms with Crippen LogP contribution in [0.4, 0.5) is 30.7 Å². The normalized spacial score (nSPS) is 14.8. The zero-order valence-electron chi connectivity index (χ0n) is 10.3. The summed E-state index contributed by atoms with van der Waals surface area (Å²) >= 11 is 0. The number of carbonyl (C=O) groups is 1. The van der Waals surface area contributed by atoms with Crippen molar-refractivity contribution in [2.45, 2.75) is 38.8 Å². The van der Waals surface area contributed by atoms with Crippen LogP contribution in [0.25, 0.3) is 0 Å². The number of carbonyl (C=O) groups excluding carboxylic acids is 1. The van der Waals surface area contributed by atoms with Gasteiger partial charge >= 0.3 is 40.4 Å². The summed E-state index contributed by atoms with van der Waals surface area (Å²) in [6.45, 7) is 3.54. The first kappa shape index (κ1) is 21.8. The molecule has 0 rings (SSSR count). The van der Waals surface area contributed by atoms with Gasteiger partial charge in [-0.1, -0.05) is 20.8 Å². The Hall–Kier alpha value is -0.540. The Balaban J connectivity index is 0. The fourth-order valence-electron chi connectivity index (χ4n) is 0.759. The van der Waals surface area contributed by atoms with E-state index < -0.39 is 41.1 Å². The maximum Gasteiger partial charge on any atom is 1.00 e. The van der Waals surface area contributed by atoms with E-state index in [1.807, 2.05) is 0 Å². The summed E-state index contributed by atoms with van der Waals surface area (Å²) in [5.41, 5.74) is -1.36. The van der Waals surface area contributed by atoms with Crippen LogP contribution in [0.2, 0.25) is 0 Å². The molecule has 0 aliphatic heterocycles. The summed E-state index contributed by atoms with van der Waals surface area (Å²) in [7, 11) is 0. The van der Waals surface area contributed by atoms with Gasteiger partial charge in [-0.3, -0.25) is 4.79 Å². The van der Waals surface area contributed by atoms with Crippen molar-refractivity contribution >= 4 is 5.78 Å². The van der Waals surface area contributed by atoms with E-state index in [4.69, 9.17) is 0 Å². The summed E-state index contributed by atoms with van der Waals surface area (Å²) in [5.74, 6) is -16.7. The van der Waals surface area contributed by atoms with Crippen molar-refractivity contribution in [1.29, 1.82) is 0 Å². The smallest absolute Gasteiger partial charge is 0.875 e. The molecule has 0 atom stereocenters. The molecule has 10 heteroatoms. The van der Waals surface area contributed by atoms with Crippen LogP contribution >= 0.6 is 0 Å². The quantitative estimate of drug-likeness (QED) is 0.315. The van der Waals surface area contributed by atoms with E-state index in [9.17, 15) is 40.6 Å². The van der Waals surface area contributed by atoms with E-state index in [-0.39, 0.29) is 22.4 Å². The van der Waals surface area contributed by atoms with Gasteiger partial charge in [0, 0.05) is 0 Å². The monoisotopic (exact) mass is 402 g/mol. The molecule has 0 aliphatic rings. The third kappa shape index (κ3) is 4.23. The van der Waals surface area contributed by atoms with Crippen LogP contribution in [0.1, 0.15) is 20.8 Å². The number of alkyl halides is 7. The molecule has 0 saturated heterocycles. The van der Waals surface area contributed by atoms with E-state index in [1.165, 1.54) is 20.8 Å². The third-order valence-electron chi connectivity index (χ3n) is 2.06. The van der Waals surface area contributed by atoms with Gasteiger partial charge in [-0.05, 0) is 11.5 Å². The van der Waals surface area contributed by atoms with Crippen molar-refractivity contribution in [3.8, 4) is 0 Å². The SMILES string of the molecule is CC(C)(C)C([O-])=CC(=O)C(F)(F)C(F)(F)C(F)(F)F.[Ag+]. The number of halogens is 7. The number of hydrogen-bond acceptors (Lipinski definition) is 2. The Labute approximate surface area is 125 Å². The minimum absolute atomic E-state index is 0. The molecular formula is C10H10AgF7O2. The molecule has 0 amide bonds. The van der Waals surface area contributed by atoms with E-state index in [0.717, 1.165) is 0 Å². The molecule has 122 valence electrons. The predicted molar refractivity (Wildman–Crippen MR) is 48.5 cm³/mol. The zero-order chi connectivity index (χ0) is 15.9. The van der Waals surface area contributed by atoms with Crippen molar-refractivity contribution in [2.75, 3.05) is 0 Å². The minimum Gasteiger partial charge on any atom is -0.875 e. The van der Waals surface area contributed by atoms with E-state index >= 15 is 0 Å². The molecule has 0 aromatic heterocycles. The molecule has 0 aromatic carbocycles. The second-order valence-electron chi connectivity index (χ2n) is 4.77. The molecule has 0 aromatic rings. The number of ketones is 1. The van der Waals surface area contributed by atoms with Gasteiger partial charge in [0.05, 0.1) is 0 Å². The molecule has 0 fully saturated rings. The average molecular weight is 403 g/mol. The molecule has 0 heterocycles. The molecule has 0 N–H and O–H groups in total. The Morgan fingerprint density at radius 1 is 0.950 bits per heavy atom. The van der Waals surface area contributed by atoms with E-state index in [0.29, 0.717) is 0 Å². The Bertz CT molecular complexity index is 393. The Kier molecular flexibility index (Phi) is 6.60. The number of hydrogen-bond donors (Lipinski definition) is 0. The first-order valence-corrected chi connectivity index (χ1v) is 4.81. The molecule has 0 saturated carbocycles. The van der Waals surface area contributed by atoms with Gasteiger partial charge in [0.1, 0.15) is 0 Å². The topological polar surface area (TPSA) is 40.1 Å². The second-order valence-corrected chi connectivity index (χ2v) is 4.77. The molecule has 0 unspecified atom stereocenters. The van der Waals surface area contributed by atoms with Crippen molar-refractivity contribution in [2.24, 2.45) is 5.41 Å². The standard InChI is InChI=1S/C10H11F7O2.Ag/c1-7(2,3)5(18)4-6(19)8(11,12)9(13,14)10(15,16)17;/h4,18H,1-3H3;/q;+1/p-1. The van der Waals surface area contributed by atoms with Crippen molar-refractivity contribution in [3.63, 3.8) is 0 Å². The summed E-state index contributed by atoms with van der Waals surface area (Å²) < 4.78 is 86.0. The second kappa shape index (κ2) is 6.07. The Morgan fingerprint density at radius 3 is 1.55 bits per heavy atom. The van der Waals surface area contributed by atoms with Crippen LogP contribution in [0.15, 0.2) is 11.8 Å². The molecule has 0 bridgehead atoms. The van der Waals surface area contributed by atoms with Crippen LogP contribution in [0.5, 0.6) is 0 Å². The molecule has 0 aliphatic carbocycles. The summed E-state index contributed by atoms with van der Waals surface area (Å²) in [5, 5.41) is 11.2. The van der Waals surface area contributed by atoms with E-state index in [1.54, 1.807) is 0 Å². The Morgan fingerprint density at radius 2 is 1.30 bits per heavy atom. The largest absolute Gasteiger partial charge is 1.00 e. The van der Waals surface area contributed by atoms with Crippen molar-refractivity contribution in [1.82, 2.24) is 0 Å². The zero-order valence-corrected chi connectivity index (χ0v) is 11.8. The molecule has 2 nitrogen and oxygen atoms in total. The summed E-state index contributed by atoms with van der Waals surface area (Å²) in [6, 6.07) is 0. The minimum atomic E-state index is -6.61. The molecular weight excluding hydrogens is 393 g/mol. The average Bonchev–Trinajstić information content (AvgIpc) is 2.13. The maximum atomic E-state index is 12.8. The van der Waals surface area contributed by atoms with Crippen molar-refractivity contribution < 1.29 is 63.0 Å². The van der Waals surface area contributed by atoms with Gasteiger partial charge in [0.25, 0.3) is 0 Å². The van der Waals surface area contributed by atoms with Crippen LogP contribution in [0, 0.1) is 5.41 Å². The fraction of sp³-hybridized carbons (Fsp3) is 0.700. The van der Waals surface area contributed by atoms with Crippen LogP contribution in [-0.4, -0.2) is 23.8 Å². The van der Waals surface area contributed by atoms with Gasteiger partial charge < -0.3 is 5.11 Å². The molecule has 0 spiro atoms.